The number of hydrogen-bond acceptors (Lipinski definition) is 5. The minimum atomic E-state index is -0.347. The molecule has 222 valence electrons. The molecule has 41 heavy (non-hydrogen) atoms. The molecule has 2 atom stereocenters. The number of aromatic amines is 2. The maximum absolute atomic E-state index is 12.6. The van der Waals surface area contributed by atoms with Gasteiger partial charge in [0.1, 0.15) is 0 Å². The van der Waals surface area contributed by atoms with Crippen molar-refractivity contribution < 1.29 is 48.2 Å². The van der Waals surface area contributed by atoms with Crippen molar-refractivity contribution in [2.24, 2.45) is 0 Å². The molecule has 2 radical (unpaired) electrons. The van der Waals surface area contributed by atoms with E-state index in [0.29, 0.717) is 12.1 Å². The molecule has 9 heteroatoms. The molecule has 0 amide bonds. The van der Waals surface area contributed by atoms with Crippen molar-refractivity contribution >= 4 is 33.6 Å². The van der Waals surface area contributed by atoms with Crippen LogP contribution in [0.5, 0.6) is 0 Å². The average molecular weight is 643 g/mol. The van der Waals surface area contributed by atoms with Crippen molar-refractivity contribution in [2.75, 3.05) is 7.11 Å². The molecule has 5 heterocycles. The summed E-state index contributed by atoms with van der Waals surface area (Å²) in [6.07, 6.45) is 4.95. The third kappa shape index (κ3) is 5.83. The minimum Gasteiger partial charge on any atom is -0.470 e. The minimum absolute atomic E-state index is 0. The van der Waals surface area contributed by atoms with Gasteiger partial charge in [-0.3, -0.25) is 9.78 Å². The molecule has 0 aliphatic carbocycles. The number of nitrogens with one attached hydrogen (secondary N) is 2. The Bertz CT molecular complexity index is 1670. The van der Waals surface area contributed by atoms with E-state index >= 15 is 0 Å². The van der Waals surface area contributed by atoms with Crippen molar-refractivity contribution in [2.45, 2.75) is 72.3 Å². The van der Waals surface area contributed by atoms with Crippen LogP contribution in [0.3, 0.4) is 0 Å². The van der Waals surface area contributed by atoms with Crippen molar-refractivity contribution in [1.29, 1.82) is 0 Å². The van der Waals surface area contributed by atoms with Crippen molar-refractivity contribution in [3.8, 4) is 0 Å². The molecular weight excluding hydrogens is 606 g/mol. The third-order valence-corrected chi connectivity index (χ3v) is 8.32. The van der Waals surface area contributed by atoms with Crippen LogP contribution in [-0.2, 0) is 62.5 Å². The Hall–Kier alpha value is -2.70. The number of aryl methyl sites for hydroxylation is 3. The van der Waals surface area contributed by atoms with E-state index in [1.165, 1.54) is 12.7 Å². The number of aliphatic hydroxyl groups is 1. The van der Waals surface area contributed by atoms with Crippen molar-refractivity contribution in [3.05, 3.63) is 81.8 Å². The Kier molecular flexibility index (Phi) is 10.5. The van der Waals surface area contributed by atoms with Crippen LogP contribution in [-0.4, -0.2) is 38.1 Å². The van der Waals surface area contributed by atoms with E-state index in [0.717, 1.165) is 73.4 Å². The van der Waals surface area contributed by atoms with Crippen LogP contribution in [0.1, 0.15) is 89.6 Å². The van der Waals surface area contributed by atoms with Gasteiger partial charge in [0, 0.05) is 79.2 Å². The van der Waals surface area contributed by atoms with E-state index in [-0.39, 0.29) is 64.4 Å². The summed E-state index contributed by atoms with van der Waals surface area (Å²) in [7, 11) is 1.40. The first-order valence-corrected chi connectivity index (χ1v) is 13.5. The number of nitrogens with zero attached hydrogens (tertiary/aromatic N) is 2. The second kappa shape index (κ2) is 13.1. The summed E-state index contributed by atoms with van der Waals surface area (Å²) >= 11 is 0. The van der Waals surface area contributed by atoms with Crippen LogP contribution in [0.4, 0.5) is 0 Å². The monoisotopic (exact) mass is 642 g/mol. The third-order valence-electron chi connectivity index (χ3n) is 8.32. The van der Waals surface area contributed by atoms with E-state index in [1.54, 1.807) is 0 Å². The van der Waals surface area contributed by atoms with E-state index < -0.39 is 0 Å². The molecule has 3 aromatic rings. The molecule has 0 saturated carbocycles. The number of esters is 1. The number of fused-ring (bicyclic) bond motifs is 8. The number of hydrogen-bond donors (Lipinski definition) is 3. The Morgan fingerprint density at radius 3 is 2.24 bits per heavy atom. The molecule has 7 nitrogen and oxygen atoms in total. The van der Waals surface area contributed by atoms with E-state index in [4.69, 9.17) is 14.7 Å². The molecule has 0 saturated heterocycles. The Balaban J connectivity index is 0.00000231. The molecule has 5 rings (SSSR count). The fourth-order valence-corrected chi connectivity index (χ4v) is 5.86. The molecule has 0 unspecified atom stereocenters. The summed E-state index contributed by atoms with van der Waals surface area (Å²) in [6, 6.07) is 6.20. The molecule has 3 aromatic heterocycles. The summed E-state index contributed by atoms with van der Waals surface area (Å²) in [5.74, 6) is -0.251. The molecule has 2 aliphatic heterocycles. The fourth-order valence-electron chi connectivity index (χ4n) is 5.86. The topological polar surface area (TPSA) is 104 Å². The first-order valence-electron chi connectivity index (χ1n) is 13.5. The molecule has 3 N–H and O–H groups in total. The molecule has 0 fully saturated rings. The Labute approximate surface area is 262 Å². The quantitative estimate of drug-likeness (QED) is 0.232. The molecule has 8 bridgehead atoms. The van der Waals surface area contributed by atoms with E-state index in [9.17, 15) is 9.90 Å². The van der Waals surface area contributed by atoms with Crippen LogP contribution in [0.25, 0.3) is 27.6 Å². The first-order chi connectivity index (χ1) is 18.7. The second-order valence-corrected chi connectivity index (χ2v) is 10.5. The number of allylic oxidation sites excluding steroid dienone is 1. The zero-order valence-electron chi connectivity index (χ0n) is 24.2. The predicted octanol–water partition coefficient (Wildman–Crippen LogP) is 6.06. The molecular formula is C32H36Co2N4O3-2. The van der Waals surface area contributed by atoms with Gasteiger partial charge in [-0.2, -0.15) is 12.5 Å². The second-order valence-electron chi connectivity index (χ2n) is 10.5. The number of aromatic nitrogens is 4. The normalized spacial score (nSPS) is 16.0. The van der Waals surface area contributed by atoms with Crippen LogP contribution < -0.4 is 0 Å². The van der Waals surface area contributed by atoms with E-state index in [1.807, 2.05) is 13.8 Å². The van der Waals surface area contributed by atoms with Gasteiger partial charge in [-0.05, 0) is 66.4 Å². The molecule has 0 aromatic carbocycles. The zero-order valence-corrected chi connectivity index (χ0v) is 26.3. The summed E-state index contributed by atoms with van der Waals surface area (Å²) in [5.41, 5.74) is 12.7. The number of rotatable bonds is 5. The summed E-state index contributed by atoms with van der Waals surface area (Å²) in [5, 5.41) is 10.3. The average Bonchev–Trinajstić information content (AvgIpc) is 3.61. The maximum atomic E-state index is 12.6. The number of H-pyrrole nitrogens is 2. The van der Waals surface area contributed by atoms with Crippen molar-refractivity contribution in [3.63, 3.8) is 0 Å². The van der Waals surface area contributed by atoms with Gasteiger partial charge in [0.05, 0.1) is 13.7 Å². The van der Waals surface area contributed by atoms with Gasteiger partial charge in [0.25, 0.3) is 5.97 Å². The predicted molar refractivity (Wildman–Crippen MR) is 154 cm³/mol. The standard InChI is InChI=1S/C32H36N4O3.2Co/c1-8-20-17(4)26-14-30-23(15-37)19(6)25(35-30)13-27-18(5)21(9-2)32(36-27)22(11-31(38)39-7)28-10-16(3)24(33-28)12-29(20)34-26;;/h12-14,18,21,34-35,37H,2,8-9,11,15H2,1,3-7H3;;/q-2;;/t18-,21-;;/m0../s1. The zero-order chi connectivity index (χ0) is 28.0. The smallest absolute Gasteiger partial charge is 0.298 e. The number of carbonyl (C=O) groups excluding carboxylic acids is 1. The SMILES string of the molecule is [CH2-]C[C@@H]1c2nc(cc3[nH]c(cc4[nH]c(cc5nc(c2CC(=O)OC)[C-]=C5C)c(CC)c4C)c(CO)c3C)[C@H]1C.[Co].[Co]. The van der Waals surface area contributed by atoms with Gasteiger partial charge in [-0.15, -0.1) is 5.57 Å². The number of methoxy groups -OCH3 is 1. The van der Waals surface area contributed by atoms with Gasteiger partial charge in [-0.25, -0.2) is 0 Å². The number of ether oxygens (including phenoxy) is 1. The Morgan fingerprint density at radius 1 is 1.00 bits per heavy atom. The summed E-state index contributed by atoms with van der Waals surface area (Å²) in [4.78, 5) is 29.8. The molecule has 0 spiro atoms. The number of aliphatic hydroxyl groups excluding tert-OH is 1. The van der Waals surface area contributed by atoms with Gasteiger partial charge in [-0.1, -0.05) is 38.1 Å². The van der Waals surface area contributed by atoms with Crippen LogP contribution in [0, 0.1) is 26.8 Å². The van der Waals surface area contributed by atoms with Gasteiger partial charge >= 0.3 is 0 Å². The maximum Gasteiger partial charge on any atom is 0.298 e. The van der Waals surface area contributed by atoms with E-state index in [2.05, 4.69) is 61.9 Å². The van der Waals surface area contributed by atoms with Gasteiger partial charge < -0.3 is 31.7 Å². The van der Waals surface area contributed by atoms with Gasteiger partial charge in [0.2, 0.25) is 0 Å². The fraction of sp³-hybridized carbons (Fsp3) is 0.375. The summed E-state index contributed by atoms with van der Waals surface area (Å²) in [6.45, 7) is 14.5. The Morgan fingerprint density at radius 2 is 1.63 bits per heavy atom. The summed E-state index contributed by atoms with van der Waals surface area (Å²) < 4.78 is 5.06. The first kappa shape index (κ1) is 32.8. The number of carbonyl (C=O) groups is 1. The van der Waals surface area contributed by atoms with Crippen LogP contribution in [0.2, 0.25) is 0 Å². The largest absolute Gasteiger partial charge is 0.470 e. The van der Waals surface area contributed by atoms with Gasteiger partial charge in [0.15, 0.2) is 0 Å². The van der Waals surface area contributed by atoms with Crippen LogP contribution in [0.15, 0.2) is 18.2 Å². The van der Waals surface area contributed by atoms with Crippen molar-refractivity contribution in [1.82, 2.24) is 19.9 Å². The molecule has 2 aliphatic rings. The van der Waals surface area contributed by atoms with Crippen LogP contribution >= 0.6 is 0 Å².